The van der Waals surface area contributed by atoms with Crippen LogP contribution in [0.25, 0.3) is 0 Å². The fourth-order valence-electron chi connectivity index (χ4n) is 6.74. The smallest absolute Gasteiger partial charge is 0.457 e. The average Bonchev–Trinajstić information content (AvgIpc) is 3.29. The van der Waals surface area contributed by atoms with Gasteiger partial charge >= 0.3 is 13.8 Å². The molecule has 0 amide bonds. The topological polar surface area (TPSA) is 117 Å². The predicted molar refractivity (Wildman–Crippen MR) is 274 cm³/mol. The number of esters is 1. The van der Waals surface area contributed by atoms with Gasteiger partial charge in [0.2, 0.25) is 0 Å². The Balaban J connectivity index is 4.06. The van der Waals surface area contributed by atoms with E-state index in [-0.39, 0.29) is 38.8 Å². The van der Waals surface area contributed by atoms with Crippen LogP contribution in [0.1, 0.15) is 206 Å². The normalized spacial score (nSPS) is 14.1. The van der Waals surface area contributed by atoms with E-state index in [0.29, 0.717) is 13.0 Å². The average molecular weight is 914 g/mol. The zero-order valence-corrected chi connectivity index (χ0v) is 41.9. The maximum Gasteiger partial charge on any atom is 0.472 e. The van der Waals surface area contributed by atoms with Gasteiger partial charge in [0.05, 0.1) is 19.8 Å². The third kappa shape index (κ3) is 50.4. The molecule has 8 nitrogen and oxygen atoms in total. The van der Waals surface area contributed by atoms with Gasteiger partial charge in [-0.2, -0.15) is 0 Å². The first-order valence-corrected chi connectivity index (χ1v) is 27.2. The van der Waals surface area contributed by atoms with Crippen LogP contribution in [0.15, 0.2) is 97.2 Å². The Morgan fingerprint density at radius 2 is 0.875 bits per heavy atom. The fourth-order valence-corrected chi connectivity index (χ4v) is 7.50. The highest BCUT2D eigenvalue weighted by molar-refractivity contribution is 7.47. The summed E-state index contributed by atoms with van der Waals surface area (Å²) in [7, 11) is -4.30. The van der Waals surface area contributed by atoms with E-state index < -0.39 is 13.9 Å². The van der Waals surface area contributed by atoms with Crippen molar-refractivity contribution < 1.29 is 32.8 Å². The number of phosphoric ester groups is 1. The maximum absolute atomic E-state index is 12.7. The Morgan fingerprint density at radius 1 is 0.484 bits per heavy atom. The molecule has 0 radical (unpaired) electrons. The van der Waals surface area contributed by atoms with Crippen LogP contribution >= 0.6 is 7.82 Å². The van der Waals surface area contributed by atoms with Gasteiger partial charge in [0, 0.05) is 19.6 Å². The zero-order chi connectivity index (χ0) is 46.5. The molecule has 0 heterocycles. The van der Waals surface area contributed by atoms with Crippen LogP contribution in [-0.2, 0) is 27.9 Å². The summed E-state index contributed by atoms with van der Waals surface area (Å²) < 4.78 is 33.6. The van der Waals surface area contributed by atoms with Crippen LogP contribution < -0.4 is 5.73 Å². The third-order valence-corrected chi connectivity index (χ3v) is 11.5. The monoisotopic (exact) mass is 914 g/mol. The number of hydrogen-bond donors (Lipinski definition) is 2. The second kappa shape index (κ2) is 51.4. The Hall–Kier alpha value is -2.58. The van der Waals surface area contributed by atoms with E-state index in [9.17, 15) is 14.3 Å². The molecular formula is C55H96NO7P. The summed E-state index contributed by atoms with van der Waals surface area (Å²) in [4.78, 5) is 22.6. The summed E-state index contributed by atoms with van der Waals surface area (Å²) in [5.74, 6) is -0.364. The molecule has 64 heavy (non-hydrogen) atoms. The van der Waals surface area contributed by atoms with Crippen LogP contribution in [-0.4, -0.2) is 49.9 Å². The quantitative estimate of drug-likeness (QED) is 0.0268. The lowest BCUT2D eigenvalue weighted by molar-refractivity contribution is -0.154. The molecule has 0 aliphatic heterocycles. The molecular weight excluding hydrogens is 818 g/mol. The number of hydrogen-bond acceptors (Lipinski definition) is 7. The lowest BCUT2D eigenvalue weighted by Gasteiger charge is -2.20. The highest BCUT2D eigenvalue weighted by Gasteiger charge is 2.25. The van der Waals surface area contributed by atoms with E-state index >= 15 is 0 Å². The minimum Gasteiger partial charge on any atom is -0.457 e. The molecule has 0 aromatic rings. The molecule has 2 atom stereocenters. The van der Waals surface area contributed by atoms with Gasteiger partial charge in [0.1, 0.15) is 6.10 Å². The Bertz CT molecular complexity index is 1300. The molecule has 2 unspecified atom stereocenters. The number of ether oxygens (including phenoxy) is 2. The number of unbranched alkanes of at least 4 members (excludes halogenated alkanes) is 19. The number of phosphoric acid groups is 1. The van der Waals surface area contributed by atoms with E-state index in [4.69, 9.17) is 24.3 Å². The molecule has 368 valence electrons. The maximum atomic E-state index is 12.7. The number of carbonyl (C=O) groups excluding carboxylic acids is 1. The van der Waals surface area contributed by atoms with E-state index in [1.165, 1.54) is 103 Å². The van der Waals surface area contributed by atoms with Crippen molar-refractivity contribution in [2.75, 3.05) is 33.0 Å². The molecule has 0 rings (SSSR count). The lowest BCUT2D eigenvalue weighted by Crippen LogP contribution is -2.28. The molecule has 0 saturated carbocycles. The molecule has 9 heteroatoms. The van der Waals surface area contributed by atoms with Crippen molar-refractivity contribution in [1.82, 2.24) is 0 Å². The van der Waals surface area contributed by atoms with Crippen LogP contribution in [0.5, 0.6) is 0 Å². The second-order valence-electron chi connectivity index (χ2n) is 16.6. The number of rotatable bonds is 48. The van der Waals surface area contributed by atoms with E-state index in [2.05, 4.69) is 111 Å². The van der Waals surface area contributed by atoms with Crippen molar-refractivity contribution in [1.29, 1.82) is 0 Å². The summed E-state index contributed by atoms with van der Waals surface area (Å²) in [6.45, 7) is 4.75. The highest BCUT2D eigenvalue weighted by atomic mass is 31.2. The van der Waals surface area contributed by atoms with Crippen molar-refractivity contribution in [3.63, 3.8) is 0 Å². The Kier molecular flexibility index (Phi) is 49.3. The largest absolute Gasteiger partial charge is 0.472 e. The Labute approximate surface area is 393 Å². The van der Waals surface area contributed by atoms with Gasteiger partial charge in [-0.3, -0.25) is 13.8 Å². The van der Waals surface area contributed by atoms with Crippen molar-refractivity contribution in [2.24, 2.45) is 5.73 Å². The number of allylic oxidation sites excluding steroid dienone is 16. The minimum atomic E-state index is -4.30. The van der Waals surface area contributed by atoms with Gasteiger partial charge in [-0.1, -0.05) is 201 Å². The van der Waals surface area contributed by atoms with Crippen molar-refractivity contribution in [3.8, 4) is 0 Å². The molecule has 0 aliphatic rings. The second-order valence-corrected chi connectivity index (χ2v) is 18.1. The Morgan fingerprint density at radius 3 is 1.33 bits per heavy atom. The first-order chi connectivity index (χ1) is 31.4. The molecule has 0 spiro atoms. The molecule has 0 aromatic heterocycles. The summed E-state index contributed by atoms with van der Waals surface area (Å²) in [5.41, 5.74) is 5.39. The summed E-state index contributed by atoms with van der Waals surface area (Å²) >= 11 is 0. The van der Waals surface area contributed by atoms with Gasteiger partial charge in [-0.25, -0.2) is 4.57 Å². The minimum absolute atomic E-state index is 0.0895. The first-order valence-electron chi connectivity index (χ1n) is 25.7. The number of carbonyl (C=O) groups is 1. The fraction of sp³-hybridized carbons (Fsp3) is 0.691. The SMILES string of the molecule is CC/C=C\C/C=C\C/C=C\C/C=C\C/C=C\C/C=C\C/C=C\CCCCCC(=O)OC(COCCCCCCCCCCCC/C=C\CCCCCCCC)COP(=O)(O)OCCN. The van der Waals surface area contributed by atoms with Crippen molar-refractivity contribution in [2.45, 2.75) is 213 Å². The molecule has 0 aliphatic carbocycles. The van der Waals surface area contributed by atoms with Crippen LogP contribution in [0.2, 0.25) is 0 Å². The zero-order valence-electron chi connectivity index (χ0n) is 41.0. The summed E-state index contributed by atoms with van der Waals surface area (Å²) in [5, 5.41) is 0. The van der Waals surface area contributed by atoms with E-state index in [1.807, 2.05) is 0 Å². The summed E-state index contributed by atoms with van der Waals surface area (Å²) in [6.07, 6.45) is 68.7. The van der Waals surface area contributed by atoms with Gasteiger partial charge in [0.25, 0.3) is 0 Å². The van der Waals surface area contributed by atoms with Crippen LogP contribution in [0.3, 0.4) is 0 Å². The van der Waals surface area contributed by atoms with Crippen LogP contribution in [0.4, 0.5) is 0 Å². The third-order valence-electron chi connectivity index (χ3n) is 10.5. The van der Waals surface area contributed by atoms with Crippen LogP contribution in [0, 0.1) is 0 Å². The van der Waals surface area contributed by atoms with Gasteiger partial charge in [-0.15, -0.1) is 0 Å². The van der Waals surface area contributed by atoms with E-state index in [1.54, 1.807) is 0 Å². The summed E-state index contributed by atoms with van der Waals surface area (Å²) in [6, 6.07) is 0. The van der Waals surface area contributed by atoms with Crippen molar-refractivity contribution in [3.05, 3.63) is 97.2 Å². The molecule has 3 N–H and O–H groups in total. The predicted octanol–water partition coefficient (Wildman–Crippen LogP) is 16.2. The molecule has 0 bridgehead atoms. The standard InChI is InChI=1S/C55H96NO7P/c1-3-5-7-9-11-13-15-17-19-21-23-25-26-27-28-29-30-32-34-36-38-40-42-44-46-48-55(57)63-54(53-62-64(58,59)61-51-49-56)52-60-50-47-45-43-41-39-37-35-33-31-24-22-20-18-16-14-12-10-8-6-4-2/h5,7,11,13,17-20,23,25,27-28,30,32,36,38,54H,3-4,6,8-10,12,14-16,21-22,24,26,29,31,33-35,37,39-53,56H2,1-2H3,(H,58,59)/b7-5-,13-11-,19-17-,20-18-,25-23-,28-27-,32-30-,38-36-. The van der Waals surface area contributed by atoms with Gasteiger partial charge in [0.15, 0.2) is 0 Å². The molecule has 0 aromatic carbocycles. The first kappa shape index (κ1) is 61.4. The lowest BCUT2D eigenvalue weighted by atomic mass is 10.1. The van der Waals surface area contributed by atoms with Gasteiger partial charge < -0.3 is 20.1 Å². The molecule has 0 saturated heterocycles. The number of nitrogens with two attached hydrogens (primary N) is 1. The highest BCUT2D eigenvalue weighted by Crippen LogP contribution is 2.43. The van der Waals surface area contributed by atoms with Crippen molar-refractivity contribution >= 4 is 13.8 Å². The molecule has 0 fully saturated rings. The van der Waals surface area contributed by atoms with Gasteiger partial charge in [-0.05, 0) is 96.3 Å². The van der Waals surface area contributed by atoms with E-state index in [0.717, 1.165) is 77.0 Å².